The van der Waals surface area contributed by atoms with Gasteiger partial charge in [0.25, 0.3) is 15.9 Å². The highest BCUT2D eigenvalue weighted by molar-refractivity contribution is 7.90. The number of nitrogens with zero attached hydrogens (tertiary/aromatic N) is 3. The molecule has 0 radical (unpaired) electrons. The summed E-state index contributed by atoms with van der Waals surface area (Å²) >= 11 is 0. The van der Waals surface area contributed by atoms with Crippen molar-refractivity contribution in [1.29, 1.82) is 0 Å². The van der Waals surface area contributed by atoms with Crippen LogP contribution in [-0.4, -0.2) is 36.2 Å². The van der Waals surface area contributed by atoms with Gasteiger partial charge in [0, 0.05) is 11.6 Å². The molecule has 4 rings (SSSR count). The molecule has 8 nitrogen and oxygen atoms in total. The number of nitrogens with one attached hydrogen (secondary N) is 1. The van der Waals surface area contributed by atoms with E-state index in [0.29, 0.717) is 5.52 Å². The van der Waals surface area contributed by atoms with Gasteiger partial charge in [0.2, 0.25) is 0 Å². The second-order valence-electron chi connectivity index (χ2n) is 8.99. The van der Waals surface area contributed by atoms with Gasteiger partial charge in [0.05, 0.1) is 24.0 Å². The van der Waals surface area contributed by atoms with E-state index >= 15 is 0 Å². The Bertz CT molecular complexity index is 1500. The molecule has 2 aromatic heterocycles. The third-order valence-corrected chi connectivity index (χ3v) is 6.81. The van der Waals surface area contributed by atoms with Gasteiger partial charge in [-0.2, -0.15) is 5.10 Å². The van der Waals surface area contributed by atoms with Crippen LogP contribution in [0.1, 0.15) is 42.5 Å². The number of hydrogen-bond donors (Lipinski definition) is 1. The maximum atomic E-state index is 13.1. The topological polar surface area (TPSA) is 103 Å². The lowest BCUT2D eigenvalue weighted by Gasteiger charge is -2.21. The number of sulfonamides is 1. The number of rotatable bonds is 5. The minimum absolute atomic E-state index is 0.0178. The van der Waals surface area contributed by atoms with Gasteiger partial charge >= 0.3 is 0 Å². The lowest BCUT2D eigenvalue weighted by atomic mass is 9.87. The third kappa shape index (κ3) is 4.51. The molecule has 176 valence electrons. The summed E-state index contributed by atoms with van der Waals surface area (Å²) in [5.41, 5.74) is 2.72. The predicted octanol–water partition coefficient (Wildman–Crippen LogP) is 4.15. The Morgan fingerprint density at radius 1 is 1.06 bits per heavy atom. The second kappa shape index (κ2) is 8.57. The molecule has 9 heteroatoms. The van der Waals surface area contributed by atoms with E-state index in [2.05, 4.69) is 14.8 Å². The number of methoxy groups -OCH3 is 1. The first-order chi connectivity index (χ1) is 16.0. The van der Waals surface area contributed by atoms with Crippen LogP contribution in [0.2, 0.25) is 0 Å². The fourth-order valence-electron chi connectivity index (χ4n) is 3.60. The number of benzene rings is 2. The maximum absolute atomic E-state index is 13.1. The van der Waals surface area contributed by atoms with E-state index in [1.54, 1.807) is 22.9 Å². The first kappa shape index (κ1) is 23.4. The number of ether oxygens (including phenoxy) is 1. The van der Waals surface area contributed by atoms with Crippen molar-refractivity contribution in [2.75, 3.05) is 7.11 Å². The Labute approximate surface area is 198 Å². The normalized spacial score (nSPS) is 12.0. The summed E-state index contributed by atoms with van der Waals surface area (Å²) in [6.45, 7) is 7.82. The smallest absolute Gasteiger partial charge is 0.283 e. The molecule has 0 aliphatic carbocycles. The summed E-state index contributed by atoms with van der Waals surface area (Å²) < 4.78 is 35.4. The number of carbonyl (C=O) groups excluding carboxylic acids is 1. The van der Waals surface area contributed by atoms with Gasteiger partial charge < -0.3 is 4.74 Å². The molecule has 0 aliphatic rings. The van der Waals surface area contributed by atoms with Crippen molar-refractivity contribution in [3.05, 3.63) is 77.7 Å². The number of aromatic nitrogens is 3. The zero-order valence-electron chi connectivity index (χ0n) is 19.7. The molecule has 0 atom stereocenters. The molecule has 0 saturated carbocycles. The van der Waals surface area contributed by atoms with E-state index < -0.39 is 15.9 Å². The van der Waals surface area contributed by atoms with Gasteiger partial charge in [0.1, 0.15) is 16.3 Å². The number of amides is 1. The molecule has 1 amide bonds. The Balaban J connectivity index is 1.68. The Hall–Kier alpha value is -3.72. The van der Waals surface area contributed by atoms with Crippen molar-refractivity contribution in [2.24, 2.45) is 0 Å². The van der Waals surface area contributed by atoms with E-state index in [1.165, 1.54) is 19.2 Å². The number of hydrogen-bond acceptors (Lipinski definition) is 6. The molecule has 4 aromatic rings. The van der Waals surface area contributed by atoms with Crippen molar-refractivity contribution < 1.29 is 17.9 Å². The second-order valence-corrected chi connectivity index (χ2v) is 10.6. The molecular formula is C25H26N4O4S. The average Bonchev–Trinajstić information content (AvgIpc) is 3.23. The lowest BCUT2D eigenvalue weighted by molar-refractivity contribution is 0.0977. The van der Waals surface area contributed by atoms with Crippen molar-refractivity contribution in [3.8, 4) is 11.4 Å². The number of pyridine rings is 1. The van der Waals surface area contributed by atoms with E-state index in [9.17, 15) is 13.2 Å². The lowest BCUT2D eigenvalue weighted by Crippen LogP contribution is -2.31. The van der Waals surface area contributed by atoms with Crippen molar-refractivity contribution in [3.63, 3.8) is 0 Å². The van der Waals surface area contributed by atoms with Crippen LogP contribution in [0.5, 0.6) is 5.75 Å². The summed E-state index contributed by atoms with van der Waals surface area (Å²) in [7, 11) is -2.83. The fraction of sp³-hybridized carbons (Fsp3) is 0.240. The van der Waals surface area contributed by atoms with Gasteiger partial charge in [-0.25, -0.2) is 22.8 Å². The summed E-state index contributed by atoms with van der Waals surface area (Å²) in [5.74, 6) is -0.676. The Morgan fingerprint density at radius 3 is 2.47 bits per heavy atom. The predicted molar refractivity (Wildman–Crippen MR) is 130 cm³/mol. The van der Waals surface area contributed by atoms with E-state index in [4.69, 9.17) is 4.74 Å². The van der Waals surface area contributed by atoms with Gasteiger partial charge in [-0.15, -0.1) is 0 Å². The zero-order valence-corrected chi connectivity index (χ0v) is 20.5. The summed E-state index contributed by atoms with van der Waals surface area (Å²) in [6, 6.07) is 15.5. The standard InChI is InChI=1S/C25H26N4O4S/c1-16-13-14-29(27-16)21-8-6-7-19-18(21)10-11-20(26-19)24(30)28-34(31,32)23-15-17(25(2,3)4)9-12-22(23)33-5/h6-15H,1-5H3,(H,28,30). The molecule has 0 bridgehead atoms. The molecule has 0 aliphatic heterocycles. The Kier molecular flexibility index (Phi) is 5.91. The maximum Gasteiger partial charge on any atom is 0.283 e. The quantitative estimate of drug-likeness (QED) is 0.462. The van der Waals surface area contributed by atoms with E-state index in [0.717, 1.165) is 22.3 Å². The van der Waals surface area contributed by atoms with Crippen LogP contribution in [-0.2, 0) is 15.4 Å². The van der Waals surface area contributed by atoms with Crippen LogP contribution >= 0.6 is 0 Å². The molecule has 2 heterocycles. The fourth-order valence-corrected chi connectivity index (χ4v) is 4.75. The van der Waals surface area contributed by atoms with Crippen molar-refractivity contribution >= 4 is 26.8 Å². The van der Waals surface area contributed by atoms with Gasteiger partial charge in [-0.3, -0.25) is 4.79 Å². The van der Waals surface area contributed by atoms with Gasteiger partial charge in [0.15, 0.2) is 0 Å². The molecule has 0 unspecified atom stereocenters. The molecule has 0 saturated heterocycles. The van der Waals surface area contributed by atoms with Crippen LogP contribution in [0.25, 0.3) is 16.6 Å². The molecule has 2 aromatic carbocycles. The van der Waals surface area contributed by atoms with Gasteiger partial charge in [-0.05, 0) is 60.4 Å². The Morgan fingerprint density at radius 2 is 1.82 bits per heavy atom. The minimum atomic E-state index is -4.21. The monoisotopic (exact) mass is 478 g/mol. The highest BCUT2D eigenvalue weighted by Gasteiger charge is 2.26. The average molecular weight is 479 g/mol. The molecule has 34 heavy (non-hydrogen) atoms. The SMILES string of the molecule is COc1ccc(C(C)(C)C)cc1S(=O)(=O)NC(=O)c1ccc2c(-n3ccc(C)n3)cccc2n1. The molecular weight excluding hydrogens is 452 g/mol. The number of carbonyl (C=O) groups is 1. The summed E-state index contributed by atoms with van der Waals surface area (Å²) in [4.78, 5) is 17.2. The molecule has 1 N–H and O–H groups in total. The van der Waals surface area contributed by atoms with Crippen LogP contribution in [0, 0.1) is 6.92 Å². The minimum Gasteiger partial charge on any atom is -0.495 e. The van der Waals surface area contributed by atoms with Crippen LogP contribution in [0.3, 0.4) is 0 Å². The van der Waals surface area contributed by atoms with Crippen LogP contribution in [0.15, 0.2) is 65.7 Å². The van der Waals surface area contributed by atoms with Crippen LogP contribution in [0.4, 0.5) is 0 Å². The van der Waals surface area contributed by atoms with E-state index in [-0.39, 0.29) is 21.8 Å². The van der Waals surface area contributed by atoms with Gasteiger partial charge in [-0.1, -0.05) is 32.9 Å². The van der Waals surface area contributed by atoms with Crippen molar-refractivity contribution in [1.82, 2.24) is 19.5 Å². The summed E-state index contributed by atoms with van der Waals surface area (Å²) in [5, 5.41) is 5.21. The number of fused-ring (bicyclic) bond motifs is 1. The highest BCUT2D eigenvalue weighted by Crippen LogP contribution is 2.31. The van der Waals surface area contributed by atoms with Crippen molar-refractivity contribution in [2.45, 2.75) is 38.0 Å². The highest BCUT2D eigenvalue weighted by atomic mass is 32.2. The van der Waals surface area contributed by atoms with Crippen LogP contribution < -0.4 is 9.46 Å². The zero-order chi connectivity index (χ0) is 24.7. The first-order valence-corrected chi connectivity index (χ1v) is 12.2. The molecule has 0 spiro atoms. The first-order valence-electron chi connectivity index (χ1n) is 10.7. The molecule has 0 fully saturated rings. The number of aryl methyl sites for hydroxylation is 1. The summed E-state index contributed by atoms with van der Waals surface area (Å²) in [6.07, 6.45) is 1.84. The van der Waals surface area contributed by atoms with E-state index in [1.807, 2.05) is 58.2 Å². The largest absolute Gasteiger partial charge is 0.495 e. The third-order valence-electron chi connectivity index (χ3n) is 5.46.